The molecule has 1 saturated heterocycles. The second kappa shape index (κ2) is 4.80. The van der Waals surface area contributed by atoms with E-state index in [0.29, 0.717) is 18.9 Å². The first-order valence-electron chi connectivity index (χ1n) is 7.20. The van der Waals surface area contributed by atoms with Crippen molar-refractivity contribution in [2.24, 2.45) is 0 Å². The summed E-state index contributed by atoms with van der Waals surface area (Å²) in [6.07, 6.45) is 4.14. The van der Waals surface area contributed by atoms with Crippen molar-refractivity contribution in [1.29, 1.82) is 0 Å². The van der Waals surface area contributed by atoms with Crippen LogP contribution in [0.2, 0.25) is 0 Å². The van der Waals surface area contributed by atoms with Crippen LogP contribution < -0.4 is 4.74 Å². The first-order chi connectivity index (χ1) is 9.05. The predicted molar refractivity (Wildman–Crippen MR) is 73.2 cm³/mol. The molecule has 2 aliphatic rings. The quantitative estimate of drug-likeness (QED) is 0.910. The molecule has 1 heterocycles. The molecule has 0 aromatic heterocycles. The monoisotopic (exact) mass is 262 g/mol. The Bertz CT molecular complexity index is 443. The van der Waals surface area contributed by atoms with Gasteiger partial charge in [0.1, 0.15) is 5.75 Å². The molecule has 2 unspecified atom stereocenters. The summed E-state index contributed by atoms with van der Waals surface area (Å²) in [4.78, 5) is 0. The lowest BCUT2D eigenvalue weighted by Crippen LogP contribution is -2.41. The van der Waals surface area contributed by atoms with Crippen molar-refractivity contribution < 1.29 is 14.6 Å². The molecule has 3 nitrogen and oxygen atoms in total. The Balaban J connectivity index is 1.82. The molecule has 1 saturated carbocycles. The Morgan fingerprint density at radius 1 is 1.21 bits per heavy atom. The van der Waals surface area contributed by atoms with Gasteiger partial charge in [-0.1, -0.05) is 12.1 Å². The van der Waals surface area contributed by atoms with Crippen LogP contribution in [0.25, 0.3) is 0 Å². The number of hydrogen-bond donors (Lipinski definition) is 1. The van der Waals surface area contributed by atoms with Crippen LogP contribution in [0.4, 0.5) is 0 Å². The first-order valence-corrected chi connectivity index (χ1v) is 7.20. The molecule has 104 valence electrons. The summed E-state index contributed by atoms with van der Waals surface area (Å²) in [5.41, 5.74) is 0.160. The van der Waals surface area contributed by atoms with Crippen LogP contribution in [0.1, 0.15) is 45.1 Å². The van der Waals surface area contributed by atoms with Gasteiger partial charge in [-0.3, -0.25) is 0 Å². The average Bonchev–Trinajstić information content (AvgIpc) is 3.11. The molecule has 3 rings (SSSR count). The van der Waals surface area contributed by atoms with E-state index in [1.165, 1.54) is 0 Å². The Morgan fingerprint density at radius 2 is 1.89 bits per heavy atom. The summed E-state index contributed by atoms with van der Waals surface area (Å²) in [7, 11) is 0. The van der Waals surface area contributed by atoms with Crippen molar-refractivity contribution in [2.75, 3.05) is 0 Å². The predicted octanol–water partition coefficient (Wildman–Crippen LogP) is 3.00. The normalized spacial score (nSPS) is 35.1. The lowest BCUT2D eigenvalue weighted by molar-refractivity contribution is -0.135. The van der Waals surface area contributed by atoms with Gasteiger partial charge in [-0.2, -0.15) is 0 Å². The van der Waals surface area contributed by atoms with Crippen LogP contribution in [0.5, 0.6) is 5.75 Å². The van der Waals surface area contributed by atoms with E-state index in [2.05, 4.69) is 0 Å². The number of aliphatic hydroxyl groups is 1. The highest BCUT2D eigenvalue weighted by molar-refractivity contribution is 5.33. The number of rotatable bonds is 3. The molecule has 0 bridgehead atoms. The summed E-state index contributed by atoms with van der Waals surface area (Å²) in [6.45, 7) is 4.04. The van der Waals surface area contributed by atoms with E-state index in [1.807, 2.05) is 38.1 Å². The minimum atomic E-state index is -0.792. The summed E-state index contributed by atoms with van der Waals surface area (Å²) >= 11 is 0. The zero-order chi connectivity index (χ0) is 13.5. The maximum atomic E-state index is 10.9. The van der Waals surface area contributed by atoms with Crippen molar-refractivity contribution in [3.63, 3.8) is 0 Å². The smallest absolute Gasteiger partial charge is 0.120 e. The zero-order valence-electron chi connectivity index (χ0n) is 11.6. The molecule has 2 fully saturated rings. The molecule has 2 atom stereocenters. The highest BCUT2D eigenvalue weighted by Crippen LogP contribution is 2.39. The molecule has 3 heteroatoms. The van der Waals surface area contributed by atoms with Crippen molar-refractivity contribution in [2.45, 2.75) is 63.4 Å². The lowest BCUT2D eigenvalue weighted by atomic mass is 9.81. The van der Waals surface area contributed by atoms with E-state index in [-0.39, 0.29) is 12.2 Å². The molecule has 1 aromatic rings. The fourth-order valence-corrected chi connectivity index (χ4v) is 3.00. The van der Waals surface area contributed by atoms with Crippen LogP contribution in [-0.4, -0.2) is 23.4 Å². The van der Waals surface area contributed by atoms with Gasteiger partial charge in [0.2, 0.25) is 0 Å². The summed E-state index contributed by atoms with van der Waals surface area (Å²) in [6, 6.07) is 7.92. The topological polar surface area (TPSA) is 38.7 Å². The van der Waals surface area contributed by atoms with Crippen molar-refractivity contribution in [3.8, 4) is 5.75 Å². The Kier molecular flexibility index (Phi) is 3.27. The van der Waals surface area contributed by atoms with Gasteiger partial charge in [-0.05, 0) is 44.4 Å². The van der Waals surface area contributed by atoms with Crippen molar-refractivity contribution >= 4 is 0 Å². The lowest BCUT2D eigenvalue weighted by Gasteiger charge is -2.39. The third-order valence-electron chi connectivity index (χ3n) is 3.91. The molecule has 1 aliphatic heterocycles. The Labute approximate surface area is 114 Å². The van der Waals surface area contributed by atoms with Crippen molar-refractivity contribution in [1.82, 2.24) is 0 Å². The molecule has 1 aromatic carbocycles. The minimum Gasteiger partial charge on any atom is -0.490 e. The van der Waals surface area contributed by atoms with Gasteiger partial charge in [0.15, 0.2) is 0 Å². The van der Waals surface area contributed by atoms with E-state index in [0.717, 1.165) is 24.2 Å². The standard InChI is InChI=1S/C16H22O3/c1-11-9-16(17,10-12(2)18-11)13-4-3-5-15(8-13)19-14-6-7-14/h3-5,8,11-12,14,17H,6-7,9-10H2,1-2H3. The Morgan fingerprint density at radius 3 is 2.53 bits per heavy atom. The van der Waals surface area contributed by atoms with Gasteiger partial charge in [0.25, 0.3) is 0 Å². The Hall–Kier alpha value is -1.06. The van der Waals surface area contributed by atoms with Crippen LogP contribution in [0, 0.1) is 0 Å². The number of ether oxygens (including phenoxy) is 2. The van der Waals surface area contributed by atoms with Gasteiger partial charge in [-0.25, -0.2) is 0 Å². The molecular formula is C16H22O3. The SMILES string of the molecule is CC1CC(O)(c2cccc(OC3CC3)c2)CC(C)O1. The zero-order valence-corrected chi connectivity index (χ0v) is 11.6. The first kappa shape index (κ1) is 12.9. The van der Waals surface area contributed by atoms with Gasteiger partial charge < -0.3 is 14.6 Å². The van der Waals surface area contributed by atoms with Crippen LogP contribution in [0.15, 0.2) is 24.3 Å². The molecule has 1 aliphatic carbocycles. The minimum absolute atomic E-state index is 0.0850. The van der Waals surface area contributed by atoms with E-state index in [4.69, 9.17) is 9.47 Å². The van der Waals surface area contributed by atoms with Gasteiger partial charge in [0.05, 0.1) is 23.9 Å². The van der Waals surface area contributed by atoms with Gasteiger partial charge >= 0.3 is 0 Å². The molecule has 1 N–H and O–H groups in total. The number of benzene rings is 1. The average molecular weight is 262 g/mol. The third kappa shape index (κ3) is 2.93. The molecule has 0 spiro atoms. The van der Waals surface area contributed by atoms with E-state index in [1.54, 1.807) is 0 Å². The van der Waals surface area contributed by atoms with Crippen LogP contribution >= 0.6 is 0 Å². The maximum Gasteiger partial charge on any atom is 0.120 e. The maximum absolute atomic E-state index is 10.9. The summed E-state index contributed by atoms with van der Waals surface area (Å²) < 4.78 is 11.5. The second-order valence-corrected chi connectivity index (χ2v) is 6.04. The fourth-order valence-electron chi connectivity index (χ4n) is 3.00. The van der Waals surface area contributed by atoms with E-state index < -0.39 is 5.60 Å². The van der Waals surface area contributed by atoms with E-state index >= 15 is 0 Å². The highest BCUT2D eigenvalue weighted by Gasteiger charge is 2.38. The third-order valence-corrected chi connectivity index (χ3v) is 3.91. The van der Waals surface area contributed by atoms with E-state index in [9.17, 15) is 5.11 Å². The second-order valence-electron chi connectivity index (χ2n) is 6.04. The van der Waals surface area contributed by atoms with Gasteiger partial charge in [-0.15, -0.1) is 0 Å². The summed E-state index contributed by atoms with van der Waals surface area (Å²) in [5.74, 6) is 0.875. The largest absolute Gasteiger partial charge is 0.490 e. The summed E-state index contributed by atoms with van der Waals surface area (Å²) in [5, 5.41) is 10.9. The van der Waals surface area contributed by atoms with Gasteiger partial charge in [0, 0.05) is 12.8 Å². The molecule has 0 radical (unpaired) electrons. The molecular weight excluding hydrogens is 240 g/mol. The van der Waals surface area contributed by atoms with Crippen LogP contribution in [-0.2, 0) is 10.3 Å². The van der Waals surface area contributed by atoms with Crippen LogP contribution in [0.3, 0.4) is 0 Å². The fraction of sp³-hybridized carbons (Fsp3) is 0.625. The molecule has 0 amide bonds. The number of hydrogen-bond acceptors (Lipinski definition) is 3. The molecule has 19 heavy (non-hydrogen) atoms. The highest BCUT2D eigenvalue weighted by atomic mass is 16.5. The van der Waals surface area contributed by atoms with Crippen molar-refractivity contribution in [3.05, 3.63) is 29.8 Å².